The molecule has 1 atom stereocenters. The van der Waals surface area contributed by atoms with Gasteiger partial charge in [-0.1, -0.05) is 42.5 Å². The smallest absolute Gasteiger partial charge is 0.241 e. The largest absolute Gasteiger partial charge is 0.492 e. The lowest BCUT2D eigenvalue weighted by molar-refractivity contribution is -0.125. The number of ether oxygens (including phenoxy) is 1. The molecule has 0 bridgehead atoms. The maximum Gasteiger partial charge on any atom is 0.241 e. The van der Waals surface area contributed by atoms with Crippen LogP contribution in [0.4, 0.5) is 5.69 Å². The van der Waals surface area contributed by atoms with E-state index in [0.29, 0.717) is 35.3 Å². The lowest BCUT2D eigenvalue weighted by Gasteiger charge is -2.15. The monoisotopic (exact) mass is 380 g/mol. The lowest BCUT2D eigenvalue weighted by atomic mass is 10.1. The third kappa shape index (κ3) is 5.71. The molecule has 1 fully saturated rings. The van der Waals surface area contributed by atoms with E-state index < -0.39 is 0 Å². The third-order valence-electron chi connectivity index (χ3n) is 3.86. The van der Waals surface area contributed by atoms with E-state index in [4.69, 9.17) is 17.0 Å². The van der Waals surface area contributed by atoms with Gasteiger partial charge in [-0.25, -0.2) is 0 Å². The van der Waals surface area contributed by atoms with Crippen molar-refractivity contribution in [2.75, 3.05) is 18.5 Å². The summed E-state index contributed by atoms with van der Waals surface area (Å²) in [5, 5.41) is 2.83. The second-order valence-electron chi connectivity index (χ2n) is 5.80. The third-order valence-corrected chi connectivity index (χ3v) is 5.34. The first-order valence-electron chi connectivity index (χ1n) is 8.56. The standard InChI is InChI=1S/C18H24N2O3S2/c1-3-23-15-10-7-6-9-14(15)19-16(21)11-5-4-8-12-20-17(22)13(2)25-18(20)24/h6-7,9-10,13H,3-5,8,11-12H2,1-2H3,(H,19,21). The molecule has 1 aliphatic heterocycles. The van der Waals surface area contributed by atoms with Crippen LogP contribution in [0.2, 0.25) is 0 Å². The van der Waals surface area contributed by atoms with Crippen LogP contribution in [-0.4, -0.2) is 39.4 Å². The zero-order valence-electron chi connectivity index (χ0n) is 14.6. The molecule has 0 aliphatic carbocycles. The molecule has 1 N–H and O–H groups in total. The summed E-state index contributed by atoms with van der Waals surface area (Å²) in [6, 6.07) is 7.42. The predicted molar refractivity (Wildman–Crippen MR) is 106 cm³/mol. The Morgan fingerprint density at radius 2 is 2.08 bits per heavy atom. The van der Waals surface area contributed by atoms with Crippen molar-refractivity contribution in [3.8, 4) is 5.75 Å². The van der Waals surface area contributed by atoms with E-state index in [-0.39, 0.29) is 17.1 Å². The van der Waals surface area contributed by atoms with Gasteiger partial charge in [-0.3, -0.25) is 14.5 Å². The number of benzene rings is 1. The maximum absolute atomic E-state index is 12.1. The fraction of sp³-hybridized carbons (Fsp3) is 0.500. The molecule has 0 aromatic heterocycles. The number of carbonyl (C=O) groups excluding carboxylic acids is 2. The van der Waals surface area contributed by atoms with Crippen LogP contribution in [0.15, 0.2) is 24.3 Å². The molecule has 1 unspecified atom stereocenters. The number of nitrogens with zero attached hydrogens (tertiary/aromatic N) is 1. The van der Waals surface area contributed by atoms with Gasteiger partial charge in [0.2, 0.25) is 11.8 Å². The molecule has 1 aromatic carbocycles. The number of hydrogen-bond acceptors (Lipinski definition) is 5. The van der Waals surface area contributed by atoms with Crippen molar-refractivity contribution in [1.82, 2.24) is 4.90 Å². The van der Waals surface area contributed by atoms with Gasteiger partial charge in [-0.05, 0) is 38.8 Å². The molecule has 1 aliphatic rings. The Morgan fingerprint density at radius 1 is 1.32 bits per heavy atom. The van der Waals surface area contributed by atoms with Crippen molar-refractivity contribution >= 4 is 45.8 Å². The maximum atomic E-state index is 12.1. The summed E-state index contributed by atoms with van der Waals surface area (Å²) in [4.78, 5) is 25.7. The van der Waals surface area contributed by atoms with Crippen molar-refractivity contribution < 1.29 is 14.3 Å². The van der Waals surface area contributed by atoms with Crippen molar-refractivity contribution in [1.29, 1.82) is 0 Å². The molecule has 0 saturated carbocycles. The molecule has 0 radical (unpaired) electrons. The molecule has 0 spiro atoms. The van der Waals surface area contributed by atoms with Crippen molar-refractivity contribution in [2.24, 2.45) is 0 Å². The van der Waals surface area contributed by atoms with Crippen molar-refractivity contribution in [3.05, 3.63) is 24.3 Å². The van der Waals surface area contributed by atoms with Crippen LogP contribution in [0.5, 0.6) is 5.75 Å². The van der Waals surface area contributed by atoms with Crippen molar-refractivity contribution in [3.63, 3.8) is 0 Å². The molecule has 2 rings (SSSR count). The minimum Gasteiger partial charge on any atom is -0.492 e. The normalized spacial score (nSPS) is 17.0. The molecule has 7 heteroatoms. The predicted octanol–water partition coefficient (Wildman–Crippen LogP) is 3.83. The number of thiocarbonyl (C=S) groups is 1. The number of amides is 2. The molecule has 1 heterocycles. The van der Waals surface area contributed by atoms with Gasteiger partial charge in [-0.2, -0.15) is 0 Å². The van der Waals surface area contributed by atoms with Crippen molar-refractivity contribution in [2.45, 2.75) is 44.8 Å². The van der Waals surface area contributed by atoms with E-state index in [1.165, 1.54) is 11.8 Å². The molecular weight excluding hydrogens is 356 g/mol. The Bertz CT molecular complexity index is 637. The topological polar surface area (TPSA) is 58.6 Å². The first-order valence-corrected chi connectivity index (χ1v) is 9.85. The quantitative estimate of drug-likeness (QED) is 0.521. The second-order valence-corrected chi connectivity index (χ2v) is 7.78. The number of thioether (sulfide) groups is 1. The van der Waals surface area contributed by atoms with E-state index in [9.17, 15) is 9.59 Å². The Kier molecular flexibility index (Phi) is 7.71. The molecule has 1 saturated heterocycles. The van der Waals surface area contributed by atoms with Gasteiger partial charge in [0.05, 0.1) is 17.5 Å². The number of anilines is 1. The first-order chi connectivity index (χ1) is 12.0. The van der Waals surface area contributed by atoms with Crippen LogP contribution in [0.3, 0.4) is 0 Å². The number of unbranched alkanes of at least 4 members (excludes halogenated alkanes) is 2. The summed E-state index contributed by atoms with van der Waals surface area (Å²) in [7, 11) is 0. The van der Waals surface area contributed by atoms with E-state index in [1.807, 2.05) is 38.1 Å². The van der Waals surface area contributed by atoms with Crippen LogP contribution in [0.25, 0.3) is 0 Å². The minimum atomic E-state index is -0.0660. The summed E-state index contributed by atoms with van der Waals surface area (Å²) in [6.45, 7) is 4.99. The SMILES string of the molecule is CCOc1ccccc1NC(=O)CCCCCN1C(=O)C(C)SC1=S. The number of para-hydroxylation sites is 2. The Labute approximate surface area is 158 Å². The summed E-state index contributed by atoms with van der Waals surface area (Å²) < 4.78 is 6.17. The van der Waals surface area contributed by atoms with Gasteiger partial charge in [0, 0.05) is 13.0 Å². The molecule has 1 aromatic rings. The highest BCUT2D eigenvalue weighted by Gasteiger charge is 2.32. The van der Waals surface area contributed by atoms with Gasteiger partial charge >= 0.3 is 0 Å². The molecule has 25 heavy (non-hydrogen) atoms. The Hall–Kier alpha value is -1.60. The van der Waals surface area contributed by atoms with E-state index in [1.54, 1.807) is 4.90 Å². The Balaban J connectivity index is 1.68. The average Bonchev–Trinajstić information content (AvgIpc) is 2.82. The van der Waals surface area contributed by atoms with Crippen LogP contribution in [0.1, 0.15) is 39.5 Å². The van der Waals surface area contributed by atoms with Gasteiger partial charge in [0.15, 0.2) is 0 Å². The number of rotatable bonds is 9. The van der Waals surface area contributed by atoms with Crippen LogP contribution in [-0.2, 0) is 9.59 Å². The summed E-state index contributed by atoms with van der Waals surface area (Å²) in [6.07, 6.45) is 2.96. The fourth-order valence-electron chi connectivity index (χ4n) is 2.57. The van der Waals surface area contributed by atoms with Crippen LogP contribution < -0.4 is 10.1 Å². The van der Waals surface area contributed by atoms with E-state index in [2.05, 4.69) is 5.32 Å². The highest BCUT2D eigenvalue weighted by Crippen LogP contribution is 2.27. The van der Waals surface area contributed by atoms with Crippen LogP contribution >= 0.6 is 24.0 Å². The summed E-state index contributed by atoms with van der Waals surface area (Å²) >= 11 is 6.66. The lowest BCUT2D eigenvalue weighted by Crippen LogP contribution is -2.31. The number of carbonyl (C=O) groups is 2. The Morgan fingerprint density at radius 3 is 2.76 bits per heavy atom. The molecular formula is C18H24N2O3S2. The van der Waals surface area contributed by atoms with Gasteiger partial charge < -0.3 is 10.1 Å². The minimum absolute atomic E-state index is 0.0240. The highest BCUT2D eigenvalue weighted by atomic mass is 32.2. The summed E-state index contributed by atoms with van der Waals surface area (Å²) in [5.41, 5.74) is 0.702. The zero-order chi connectivity index (χ0) is 18.2. The number of nitrogens with one attached hydrogen (secondary N) is 1. The van der Waals surface area contributed by atoms with E-state index in [0.717, 1.165) is 19.3 Å². The average molecular weight is 381 g/mol. The highest BCUT2D eigenvalue weighted by molar-refractivity contribution is 8.24. The summed E-state index contributed by atoms with van der Waals surface area (Å²) in [5.74, 6) is 0.760. The number of hydrogen-bond donors (Lipinski definition) is 1. The molecule has 5 nitrogen and oxygen atoms in total. The van der Waals surface area contributed by atoms with Gasteiger partial charge in [0.1, 0.15) is 10.1 Å². The molecule has 136 valence electrons. The molecule has 2 amide bonds. The van der Waals surface area contributed by atoms with E-state index >= 15 is 0 Å². The van der Waals surface area contributed by atoms with Gasteiger partial charge in [0.25, 0.3) is 0 Å². The fourth-order valence-corrected chi connectivity index (χ4v) is 4.03. The first kappa shape index (κ1) is 19.7. The van der Waals surface area contributed by atoms with Gasteiger partial charge in [-0.15, -0.1) is 0 Å². The van der Waals surface area contributed by atoms with Crippen LogP contribution in [0, 0.1) is 0 Å². The zero-order valence-corrected chi connectivity index (χ0v) is 16.3. The second kappa shape index (κ2) is 9.77.